The second-order valence-electron chi connectivity index (χ2n) is 3.60. The minimum atomic E-state index is -1.16. The van der Waals surface area contributed by atoms with Crippen LogP contribution in [-0.4, -0.2) is 35.4 Å². The standard InChI is InChI=1S/C11H13F2NO3/c1-6-2-3-8(12)9(10(6)13)11(17)14-4-7(16)5-15/h2-3,7,15-16H,4-5H2,1H3,(H,14,17). The second-order valence-corrected chi connectivity index (χ2v) is 3.60. The van der Waals surface area contributed by atoms with Gasteiger partial charge in [0.15, 0.2) is 0 Å². The molecule has 0 saturated carbocycles. The Hall–Kier alpha value is -1.53. The van der Waals surface area contributed by atoms with Crippen LogP contribution in [0.4, 0.5) is 8.78 Å². The molecule has 1 aromatic carbocycles. The smallest absolute Gasteiger partial charge is 0.257 e. The summed E-state index contributed by atoms with van der Waals surface area (Å²) in [5, 5.41) is 19.6. The zero-order valence-electron chi connectivity index (χ0n) is 9.20. The number of benzene rings is 1. The van der Waals surface area contributed by atoms with Crippen LogP contribution in [0.1, 0.15) is 15.9 Å². The Morgan fingerprint density at radius 1 is 1.47 bits per heavy atom. The highest BCUT2D eigenvalue weighted by atomic mass is 19.1. The third-order valence-electron chi connectivity index (χ3n) is 2.22. The number of carbonyl (C=O) groups is 1. The number of aliphatic hydroxyl groups is 2. The van der Waals surface area contributed by atoms with Crippen molar-refractivity contribution < 1.29 is 23.8 Å². The molecule has 0 aromatic heterocycles. The first kappa shape index (κ1) is 13.5. The van der Waals surface area contributed by atoms with Gasteiger partial charge in [0.05, 0.1) is 12.7 Å². The van der Waals surface area contributed by atoms with E-state index in [1.807, 2.05) is 0 Å². The van der Waals surface area contributed by atoms with Gasteiger partial charge in [0, 0.05) is 6.54 Å². The minimum Gasteiger partial charge on any atom is -0.394 e. The van der Waals surface area contributed by atoms with Gasteiger partial charge in [-0.15, -0.1) is 0 Å². The summed E-state index contributed by atoms with van der Waals surface area (Å²) >= 11 is 0. The van der Waals surface area contributed by atoms with E-state index < -0.39 is 35.8 Å². The first-order valence-corrected chi connectivity index (χ1v) is 4.99. The van der Waals surface area contributed by atoms with E-state index in [0.29, 0.717) is 0 Å². The molecule has 0 aliphatic heterocycles. The molecule has 94 valence electrons. The van der Waals surface area contributed by atoms with E-state index >= 15 is 0 Å². The van der Waals surface area contributed by atoms with Crippen LogP contribution >= 0.6 is 0 Å². The highest BCUT2D eigenvalue weighted by molar-refractivity contribution is 5.95. The summed E-state index contributed by atoms with van der Waals surface area (Å²) in [7, 11) is 0. The maximum absolute atomic E-state index is 13.5. The molecule has 1 atom stereocenters. The quantitative estimate of drug-likeness (QED) is 0.717. The lowest BCUT2D eigenvalue weighted by atomic mass is 10.1. The van der Waals surface area contributed by atoms with E-state index in [1.165, 1.54) is 13.0 Å². The molecule has 0 spiro atoms. The van der Waals surface area contributed by atoms with E-state index in [2.05, 4.69) is 5.32 Å². The summed E-state index contributed by atoms with van der Waals surface area (Å²) < 4.78 is 26.8. The van der Waals surface area contributed by atoms with Crippen molar-refractivity contribution >= 4 is 5.91 Å². The average molecular weight is 245 g/mol. The summed E-state index contributed by atoms with van der Waals surface area (Å²) in [5.41, 5.74) is -0.533. The topological polar surface area (TPSA) is 69.6 Å². The van der Waals surface area contributed by atoms with E-state index in [-0.39, 0.29) is 12.1 Å². The number of amides is 1. The lowest BCUT2D eigenvalue weighted by Crippen LogP contribution is -2.34. The van der Waals surface area contributed by atoms with Crippen molar-refractivity contribution in [2.24, 2.45) is 0 Å². The van der Waals surface area contributed by atoms with Gasteiger partial charge < -0.3 is 15.5 Å². The molecule has 0 heterocycles. The van der Waals surface area contributed by atoms with Gasteiger partial charge in [0.2, 0.25) is 0 Å². The third kappa shape index (κ3) is 3.21. The molecule has 3 N–H and O–H groups in total. The molecule has 0 bridgehead atoms. The van der Waals surface area contributed by atoms with E-state index in [9.17, 15) is 13.6 Å². The van der Waals surface area contributed by atoms with Crippen LogP contribution in [0.5, 0.6) is 0 Å². The molecule has 1 aromatic rings. The first-order chi connectivity index (χ1) is 7.97. The molecule has 0 aliphatic carbocycles. The number of aryl methyl sites for hydroxylation is 1. The summed E-state index contributed by atoms with van der Waals surface area (Å²) in [4.78, 5) is 11.5. The van der Waals surface area contributed by atoms with Crippen LogP contribution in [0.3, 0.4) is 0 Å². The Morgan fingerprint density at radius 2 is 2.12 bits per heavy atom. The number of nitrogens with one attached hydrogen (secondary N) is 1. The summed E-state index contributed by atoms with van der Waals surface area (Å²) in [6.45, 7) is 0.593. The average Bonchev–Trinajstić information content (AvgIpc) is 2.31. The molecule has 1 amide bonds. The van der Waals surface area contributed by atoms with Gasteiger partial charge >= 0.3 is 0 Å². The van der Waals surface area contributed by atoms with Crippen LogP contribution in [0.15, 0.2) is 12.1 Å². The van der Waals surface area contributed by atoms with Crippen molar-refractivity contribution in [1.82, 2.24) is 5.32 Å². The van der Waals surface area contributed by atoms with Crippen molar-refractivity contribution in [2.45, 2.75) is 13.0 Å². The molecule has 4 nitrogen and oxygen atoms in total. The fraction of sp³-hybridized carbons (Fsp3) is 0.364. The number of aliphatic hydroxyl groups excluding tert-OH is 2. The van der Waals surface area contributed by atoms with Crippen LogP contribution < -0.4 is 5.32 Å². The van der Waals surface area contributed by atoms with Crippen molar-refractivity contribution in [1.29, 1.82) is 0 Å². The van der Waals surface area contributed by atoms with Crippen molar-refractivity contribution in [3.8, 4) is 0 Å². The normalized spacial score (nSPS) is 12.3. The maximum Gasteiger partial charge on any atom is 0.257 e. The Labute approximate surface area is 96.9 Å². The number of halogens is 2. The van der Waals surface area contributed by atoms with Crippen molar-refractivity contribution in [3.05, 3.63) is 34.9 Å². The molecule has 0 fully saturated rings. The molecular formula is C11H13F2NO3. The Bertz CT molecular complexity index is 423. The summed E-state index contributed by atoms with van der Waals surface area (Å²) in [6.07, 6.45) is -1.16. The third-order valence-corrected chi connectivity index (χ3v) is 2.22. The molecule has 0 saturated heterocycles. The number of rotatable bonds is 4. The van der Waals surface area contributed by atoms with Crippen molar-refractivity contribution in [3.63, 3.8) is 0 Å². The van der Waals surface area contributed by atoms with Crippen LogP contribution in [0.25, 0.3) is 0 Å². The Morgan fingerprint density at radius 3 is 2.71 bits per heavy atom. The van der Waals surface area contributed by atoms with E-state index in [4.69, 9.17) is 10.2 Å². The highest BCUT2D eigenvalue weighted by Gasteiger charge is 2.19. The monoisotopic (exact) mass is 245 g/mol. The number of hydrogen-bond donors (Lipinski definition) is 3. The molecule has 0 radical (unpaired) electrons. The van der Waals surface area contributed by atoms with Gasteiger partial charge in [-0.2, -0.15) is 0 Å². The lowest BCUT2D eigenvalue weighted by Gasteiger charge is -2.10. The Balaban J connectivity index is 2.86. The van der Waals surface area contributed by atoms with Crippen molar-refractivity contribution in [2.75, 3.05) is 13.2 Å². The predicted molar refractivity (Wildman–Crippen MR) is 56.5 cm³/mol. The van der Waals surface area contributed by atoms with E-state index in [1.54, 1.807) is 0 Å². The van der Waals surface area contributed by atoms with Gasteiger partial charge in [-0.05, 0) is 18.6 Å². The second kappa shape index (κ2) is 5.70. The van der Waals surface area contributed by atoms with Gasteiger partial charge in [-0.25, -0.2) is 8.78 Å². The fourth-order valence-corrected chi connectivity index (χ4v) is 1.23. The lowest BCUT2D eigenvalue weighted by molar-refractivity contribution is 0.0796. The zero-order chi connectivity index (χ0) is 13.0. The Kier molecular flexibility index (Phi) is 4.53. The molecule has 0 aliphatic rings. The zero-order valence-corrected chi connectivity index (χ0v) is 9.20. The molecule has 6 heteroatoms. The number of hydrogen-bond acceptors (Lipinski definition) is 3. The van der Waals surface area contributed by atoms with Gasteiger partial charge in [-0.3, -0.25) is 4.79 Å². The first-order valence-electron chi connectivity index (χ1n) is 4.99. The maximum atomic E-state index is 13.5. The SMILES string of the molecule is Cc1ccc(F)c(C(=O)NCC(O)CO)c1F. The summed E-state index contributed by atoms with van der Waals surface area (Å²) in [5.74, 6) is -2.86. The highest BCUT2D eigenvalue weighted by Crippen LogP contribution is 2.15. The number of carbonyl (C=O) groups excluding carboxylic acids is 1. The molecule has 1 rings (SSSR count). The molecule has 17 heavy (non-hydrogen) atoms. The van der Waals surface area contributed by atoms with Crippen LogP contribution in [0, 0.1) is 18.6 Å². The van der Waals surface area contributed by atoms with Gasteiger partial charge in [0.1, 0.15) is 17.2 Å². The van der Waals surface area contributed by atoms with Gasteiger partial charge in [0.25, 0.3) is 5.91 Å². The molecular weight excluding hydrogens is 232 g/mol. The predicted octanol–water partition coefficient (Wildman–Crippen LogP) is 0.356. The molecule has 1 unspecified atom stereocenters. The minimum absolute atomic E-state index is 0.152. The summed E-state index contributed by atoms with van der Waals surface area (Å²) in [6, 6.07) is 2.22. The fourth-order valence-electron chi connectivity index (χ4n) is 1.23. The largest absolute Gasteiger partial charge is 0.394 e. The van der Waals surface area contributed by atoms with Gasteiger partial charge in [-0.1, -0.05) is 6.07 Å². The van der Waals surface area contributed by atoms with E-state index in [0.717, 1.165) is 6.07 Å². The van der Waals surface area contributed by atoms with Crippen LogP contribution in [0.2, 0.25) is 0 Å². The van der Waals surface area contributed by atoms with Crippen LogP contribution in [-0.2, 0) is 0 Å².